The highest BCUT2D eigenvalue weighted by atomic mass is 35.5. The maximum Gasteiger partial charge on any atom is 0.335 e. The molecule has 3 aromatic rings. The Kier molecular flexibility index (Phi) is 6.13. The molecule has 7 nitrogen and oxygen atoms in total. The molecule has 166 valence electrons. The van der Waals surface area contributed by atoms with Gasteiger partial charge in [-0.2, -0.15) is 5.10 Å². The molecule has 0 fully saturated rings. The zero-order chi connectivity index (χ0) is 23.0. The first-order valence-electron chi connectivity index (χ1n) is 10.1. The molecule has 0 saturated carbocycles. The van der Waals surface area contributed by atoms with Crippen molar-refractivity contribution in [2.75, 3.05) is 11.4 Å². The van der Waals surface area contributed by atoms with Crippen molar-refractivity contribution in [2.45, 2.75) is 33.0 Å². The van der Waals surface area contributed by atoms with Gasteiger partial charge in [-0.3, -0.25) is 4.79 Å². The lowest BCUT2D eigenvalue weighted by atomic mass is 10.1. The Morgan fingerprint density at radius 1 is 1.12 bits per heavy atom. The molecule has 1 atom stereocenters. The maximum atomic E-state index is 13.2. The Morgan fingerprint density at radius 3 is 2.41 bits per heavy atom. The molecule has 0 aliphatic carbocycles. The second-order valence-electron chi connectivity index (χ2n) is 7.83. The highest BCUT2D eigenvalue weighted by Crippen LogP contribution is 2.31. The number of benzene rings is 2. The number of rotatable bonds is 6. The van der Waals surface area contributed by atoms with E-state index in [-0.39, 0.29) is 17.5 Å². The number of carboxylic acids is 1. The van der Waals surface area contributed by atoms with Crippen molar-refractivity contribution in [1.82, 2.24) is 15.1 Å². The number of aromatic carboxylic acids is 1. The Morgan fingerprint density at radius 2 is 1.78 bits per heavy atom. The lowest BCUT2D eigenvalue weighted by Gasteiger charge is -2.20. The van der Waals surface area contributed by atoms with Crippen LogP contribution in [-0.4, -0.2) is 33.3 Å². The summed E-state index contributed by atoms with van der Waals surface area (Å²) in [5.41, 5.74) is 3.15. The van der Waals surface area contributed by atoms with Crippen LogP contribution in [0.5, 0.6) is 0 Å². The van der Waals surface area contributed by atoms with Crippen LogP contribution in [0.1, 0.15) is 50.5 Å². The molecule has 0 bridgehead atoms. The third-order valence-corrected chi connectivity index (χ3v) is 5.95. The summed E-state index contributed by atoms with van der Waals surface area (Å²) < 4.78 is 1.85. The minimum absolute atomic E-state index is 0.203. The highest BCUT2D eigenvalue weighted by Gasteiger charge is 2.30. The Bertz CT molecular complexity index is 1170. The molecule has 1 aromatic heterocycles. The molecule has 0 unspecified atom stereocenters. The number of nitrogens with one attached hydrogen (secondary N) is 1. The van der Waals surface area contributed by atoms with E-state index in [1.54, 1.807) is 18.2 Å². The van der Waals surface area contributed by atoms with Crippen LogP contribution in [0.3, 0.4) is 0 Å². The van der Waals surface area contributed by atoms with Gasteiger partial charge in [0.25, 0.3) is 5.91 Å². The number of anilines is 1. The molecular formula is C23H22Cl2N4O3. The number of carboxylic acid groups (broad SMARTS) is 1. The third-order valence-electron chi connectivity index (χ3n) is 5.51. The van der Waals surface area contributed by atoms with Gasteiger partial charge >= 0.3 is 5.97 Å². The summed E-state index contributed by atoms with van der Waals surface area (Å²) in [5.74, 6) is -0.445. The van der Waals surface area contributed by atoms with E-state index >= 15 is 0 Å². The van der Waals surface area contributed by atoms with Crippen molar-refractivity contribution in [3.8, 4) is 0 Å². The monoisotopic (exact) mass is 472 g/mol. The summed E-state index contributed by atoms with van der Waals surface area (Å²) in [6.07, 6.45) is 0. The number of hydrogen-bond acceptors (Lipinski definition) is 4. The van der Waals surface area contributed by atoms with Gasteiger partial charge in [0.15, 0.2) is 0 Å². The fourth-order valence-corrected chi connectivity index (χ4v) is 4.55. The number of carbonyl (C=O) groups excluding carboxylic acids is 1. The van der Waals surface area contributed by atoms with Crippen LogP contribution in [0.25, 0.3) is 0 Å². The number of hydrogen-bond donors (Lipinski definition) is 2. The SMILES string of the molecule is Cc1nn2c(c1C(=O)N[C@@H](C)c1ccc(C(=O)O)cc1)N(Cc1cc(Cl)cc(Cl)c1)CC2. The zero-order valence-electron chi connectivity index (χ0n) is 17.6. The van der Waals surface area contributed by atoms with E-state index in [9.17, 15) is 9.59 Å². The van der Waals surface area contributed by atoms with E-state index in [1.165, 1.54) is 12.1 Å². The maximum absolute atomic E-state index is 13.2. The van der Waals surface area contributed by atoms with Crippen LogP contribution in [0, 0.1) is 6.92 Å². The molecule has 2 N–H and O–H groups in total. The van der Waals surface area contributed by atoms with Crippen LogP contribution in [0.4, 0.5) is 5.82 Å². The lowest BCUT2D eigenvalue weighted by Crippen LogP contribution is -2.29. The van der Waals surface area contributed by atoms with Gasteiger partial charge < -0.3 is 15.3 Å². The first kappa shape index (κ1) is 22.2. The first-order chi connectivity index (χ1) is 15.2. The van der Waals surface area contributed by atoms with Crippen molar-refractivity contribution >= 4 is 40.9 Å². The first-order valence-corrected chi connectivity index (χ1v) is 10.9. The average Bonchev–Trinajstić information content (AvgIpc) is 3.25. The number of aryl methyl sites for hydroxylation is 1. The molecule has 9 heteroatoms. The van der Waals surface area contributed by atoms with Gasteiger partial charge in [0.2, 0.25) is 0 Å². The summed E-state index contributed by atoms with van der Waals surface area (Å²) in [4.78, 5) is 26.4. The molecule has 1 amide bonds. The summed E-state index contributed by atoms with van der Waals surface area (Å²) in [7, 11) is 0. The number of nitrogens with zero attached hydrogens (tertiary/aromatic N) is 3. The summed E-state index contributed by atoms with van der Waals surface area (Å²) in [6, 6.07) is 11.6. The van der Waals surface area contributed by atoms with E-state index in [0.29, 0.717) is 34.4 Å². The molecule has 0 saturated heterocycles. The second-order valence-corrected chi connectivity index (χ2v) is 8.70. The Hall–Kier alpha value is -3.03. The molecule has 2 heterocycles. The zero-order valence-corrected chi connectivity index (χ0v) is 19.1. The van der Waals surface area contributed by atoms with Gasteiger partial charge in [0, 0.05) is 23.1 Å². The van der Waals surface area contributed by atoms with Crippen LogP contribution in [0.2, 0.25) is 10.0 Å². The second kappa shape index (κ2) is 8.84. The number of aromatic nitrogens is 2. The lowest BCUT2D eigenvalue weighted by molar-refractivity contribution is 0.0696. The Balaban J connectivity index is 1.55. The standard InChI is InChI=1S/C23H22Cl2N4O3/c1-13(16-3-5-17(6-4-16)23(31)32)26-21(30)20-14(2)27-29-8-7-28(22(20)29)12-15-9-18(24)11-19(25)10-15/h3-6,9-11,13H,7-8,12H2,1-2H3,(H,26,30)(H,31,32)/t13-/m0/s1. The minimum Gasteiger partial charge on any atom is -0.478 e. The van der Waals surface area contributed by atoms with Crippen LogP contribution >= 0.6 is 23.2 Å². The third kappa shape index (κ3) is 4.45. The van der Waals surface area contributed by atoms with Gasteiger partial charge in [-0.25, -0.2) is 9.48 Å². The van der Waals surface area contributed by atoms with Gasteiger partial charge in [-0.05, 0) is 55.3 Å². The molecule has 0 spiro atoms. The van der Waals surface area contributed by atoms with Crippen molar-refractivity contribution < 1.29 is 14.7 Å². The number of fused-ring (bicyclic) bond motifs is 1. The normalized spacial score (nSPS) is 13.7. The molecule has 4 rings (SSSR count). The molecular weight excluding hydrogens is 451 g/mol. The number of amides is 1. The van der Waals surface area contributed by atoms with E-state index in [4.69, 9.17) is 28.3 Å². The van der Waals surface area contributed by atoms with Gasteiger partial charge in [-0.1, -0.05) is 35.3 Å². The summed E-state index contributed by atoms with van der Waals surface area (Å²) in [6.45, 7) is 5.64. The molecule has 2 aromatic carbocycles. The predicted octanol–water partition coefficient (Wildman–Crippen LogP) is 4.71. The molecule has 1 aliphatic rings. The van der Waals surface area contributed by atoms with Crippen LogP contribution in [0.15, 0.2) is 42.5 Å². The topological polar surface area (TPSA) is 87.5 Å². The smallest absolute Gasteiger partial charge is 0.335 e. The van der Waals surface area contributed by atoms with Crippen LogP contribution in [-0.2, 0) is 13.1 Å². The van der Waals surface area contributed by atoms with E-state index in [1.807, 2.05) is 30.7 Å². The quantitative estimate of drug-likeness (QED) is 0.542. The number of carbonyl (C=O) groups is 2. The van der Waals surface area contributed by atoms with E-state index in [0.717, 1.165) is 23.5 Å². The summed E-state index contributed by atoms with van der Waals surface area (Å²) in [5, 5.41) is 17.8. The van der Waals surface area contributed by atoms with Gasteiger partial charge in [0.05, 0.1) is 23.8 Å². The average molecular weight is 473 g/mol. The minimum atomic E-state index is -0.986. The van der Waals surface area contributed by atoms with Crippen molar-refractivity contribution in [2.24, 2.45) is 0 Å². The number of halogens is 2. The van der Waals surface area contributed by atoms with Crippen molar-refractivity contribution in [3.05, 3.63) is 80.5 Å². The van der Waals surface area contributed by atoms with Crippen molar-refractivity contribution in [3.63, 3.8) is 0 Å². The van der Waals surface area contributed by atoms with Gasteiger partial charge in [0.1, 0.15) is 11.4 Å². The summed E-state index contributed by atoms with van der Waals surface area (Å²) >= 11 is 12.3. The van der Waals surface area contributed by atoms with E-state index in [2.05, 4.69) is 15.3 Å². The van der Waals surface area contributed by atoms with Crippen molar-refractivity contribution in [1.29, 1.82) is 0 Å². The fraction of sp³-hybridized carbons (Fsp3) is 0.261. The molecule has 1 aliphatic heterocycles. The van der Waals surface area contributed by atoms with E-state index < -0.39 is 5.97 Å². The Labute approximate surface area is 195 Å². The largest absolute Gasteiger partial charge is 0.478 e. The predicted molar refractivity (Wildman–Crippen MR) is 124 cm³/mol. The fourth-order valence-electron chi connectivity index (χ4n) is 3.98. The van der Waals surface area contributed by atoms with Crippen LogP contribution < -0.4 is 10.2 Å². The van der Waals surface area contributed by atoms with Gasteiger partial charge in [-0.15, -0.1) is 0 Å². The highest BCUT2D eigenvalue weighted by molar-refractivity contribution is 6.34. The molecule has 32 heavy (non-hydrogen) atoms. The molecule has 0 radical (unpaired) electrons.